The molecule has 1 unspecified atom stereocenters. The number of aryl methyl sites for hydroxylation is 2. The molecule has 3 heteroatoms. The molecule has 0 aliphatic heterocycles. The maximum absolute atomic E-state index is 9.57. The number of nitrogens with zero attached hydrogens (tertiary/aromatic N) is 1. The molecule has 0 spiro atoms. The summed E-state index contributed by atoms with van der Waals surface area (Å²) in [5.41, 5.74) is 3.70. The van der Waals surface area contributed by atoms with Crippen molar-refractivity contribution in [2.75, 3.05) is 0 Å². The van der Waals surface area contributed by atoms with Crippen molar-refractivity contribution in [2.24, 2.45) is 0 Å². The molecule has 3 rings (SSSR count). The van der Waals surface area contributed by atoms with Gasteiger partial charge >= 0.3 is 0 Å². The fourth-order valence-electron chi connectivity index (χ4n) is 2.15. The normalized spacial score (nSPS) is 15.4. The highest BCUT2D eigenvalue weighted by Gasteiger charge is 2.21. The van der Waals surface area contributed by atoms with Crippen molar-refractivity contribution in [2.45, 2.75) is 25.9 Å². The summed E-state index contributed by atoms with van der Waals surface area (Å²) in [6.45, 7) is 1.77. The Morgan fingerprint density at radius 3 is 2.94 bits per heavy atom. The van der Waals surface area contributed by atoms with E-state index in [1.54, 1.807) is 18.3 Å². The van der Waals surface area contributed by atoms with Gasteiger partial charge in [-0.3, -0.25) is 0 Å². The van der Waals surface area contributed by atoms with E-state index in [1.165, 1.54) is 16.0 Å². The van der Waals surface area contributed by atoms with E-state index in [1.807, 2.05) is 0 Å². The number of aliphatic hydroxyl groups is 1. The molecule has 16 heavy (non-hydrogen) atoms. The Bertz CT molecular complexity index is 530. The van der Waals surface area contributed by atoms with Crippen LogP contribution >= 0.6 is 11.3 Å². The van der Waals surface area contributed by atoms with Gasteiger partial charge in [-0.25, -0.2) is 4.98 Å². The number of thiazole rings is 1. The molecule has 0 bridgehead atoms. The van der Waals surface area contributed by atoms with Crippen molar-refractivity contribution in [3.8, 4) is 11.3 Å². The summed E-state index contributed by atoms with van der Waals surface area (Å²) in [4.78, 5) is 5.87. The smallest absolute Gasteiger partial charge is 0.122 e. The Balaban J connectivity index is 2.17. The second-order valence-electron chi connectivity index (χ2n) is 4.16. The molecule has 1 aromatic heterocycles. The minimum absolute atomic E-state index is 0.456. The predicted molar refractivity (Wildman–Crippen MR) is 65.6 cm³/mol. The number of fused-ring (bicyclic) bond motifs is 3. The number of hydrogen-bond acceptors (Lipinski definition) is 3. The highest BCUT2D eigenvalue weighted by atomic mass is 32.1. The summed E-state index contributed by atoms with van der Waals surface area (Å²) in [6, 6.07) is 8.42. The zero-order valence-electron chi connectivity index (χ0n) is 9.10. The molecule has 0 saturated carbocycles. The van der Waals surface area contributed by atoms with Crippen molar-refractivity contribution in [3.05, 3.63) is 39.7 Å². The Morgan fingerprint density at radius 1 is 1.31 bits per heavy atom. The molecule has 1 aliphatic rings. The molecular weight excluding hydrogens is 218 g/mol. The molecular formula is C13H13NOS. The van der Waals surface area contributed by atoms with E-state index >= 15 is 0 Å². The Hall–Kier alpha value is -1.19. The molecule has 1 aromatic carbocycles. The first-order chi connectivity index (χ1) is 7.75. The number of aromatic nitrogens is 1. The van der Waals surface area contributed by atoms with Crippen molar-refractivity contribution < 1.29 is 5.11 Å². The minimum atomic E-state index is -0.456. The van der Waals surface area contributed by atoms with E-state index in [-0.39, 0.29) is 0 Å². The van der Waals surface area contributed by atoms with Crippen LogP contribution in [0.1, 0.15) is 28.5 Å². The molecule has 1 N–H and O–H groups in total. The van der Waals surface area contributed by atoms with Crippen LogP contribution in [-0.4, -0.2) is 10.1 Å². The number of aliphatic hydroxyl groups excluding tert-OH is 1. The molecule has 0 radical (unpaired) electrons. The standard InChI is InChI=1S/C13H13NOS/c1-8(15)13-14-12-10-5-3-2-4-9(10)6-7-11(12)16-13/h2-5,8,15H,6-7H2,1H3. The lowest BCUT2D eigenvalue weighted by atomic mass is 9.94. The maximum Gasteiger partial charge on any atom is 0.122 e. The van der Waals surface area contributed by atoms with Crippen LogP contribution in [0.15, 0.2) is 24.3 Å². The Kier molecular flexibility index (Phi) is 2.30. The van der Waals surface area contributed by atoms with Gasteiger partial charge in [-0.1, -0.05) is 24.3 Å². The van der Waals surface area contributed by atoms with Crippen molar-refractivity contribution in [3.63, 3.8) is 0 Å². The number of benzene rings is 1. The van der Waals surface area contributed by atoms with Crippen LogP contribution in [0.3, 0.4) is 0 Å². The van der Waals surface area contributed by atoms with Crippen LogP contribution in [0.4, 0.5) is 0 Å². The van der Waals surface area contributed by atoms with Crippen LogP contribution < -0.4 is 0 Å². The summed E-state index contributed by atoms with van der Waals surface area (Å²) in [7, 11) is 0. The van der Waals surface area contributed by atoms with Gasteiger partial charge in [0.25, 0.3) is 0 Å². The quantitative estimate of drug-likeness (QED) is 0.818. The van der Waals surface area contributed by atoms with E-state index in [4.69, 9.17) is 0 Å². The molecule has 1 atom stereocenters. The minimum Gasteiger partial charge on any atom is -0.386 e. The molecule has 82 valence electrons. The molecule has 1 aliphatic carbocycles. The average molecular weight is 231 g/mol. The third kappa shape index (κ3) is 1.47. The Morgan fingerprint density at radius 2 is 2.12 bits per heavy atom. The van der Waals surface area contributed by atoms with Crippen molar-refractivity contribution >= 4 is 11.3 Å². The molecule has 0 fully saturated rings. The van der Waals surface area contributed by atoms with Crippen LogP contribution in [0.2, 0.25) is 0 Å². The SMILES string of the molecule is CC(O)c1nc2c(s1)CCc1ccccc1-2. The summed E-state index contributed by atoms with van der Waals surface area (Å²) in [5, 5.41) is 10.4. The largest absolute Gasteiger partial charge is 0.386 e. The van der Waals surface area contributed by atoms with E-state index < -0.39 is 6.10 Å². The first-order valence-corrected chi connectivity index (χ1v) is 6.33. The first kappa shape index (κ1) is 10.00. The van der Waals surface area contributed by atoms with Crippen molar-refractivity contribution in [1.82, 2.24) is 4.98 Å². The zero-order valence-corrected chi connectivity index (χ0v) is 9.92. The monoisotopic (exact) mass is 231 g/mol. The van der Waals surface area contributed by atoms with E-state index in [9.17, 15) is 5.11 Å². The lowest BCUT2D eigenvalue weighted by Crippen LogP contribution is -2.01. The predicted octanol–water partition coefficient (Wildman–Crippen LogP) is 2.96. The summed E-state index contributed by atoms with van der Waals surface area (Å²) in [6.07, 6.45) is 1.68. The van der Waals surface area contributed by atoms with Gasteiger partial charge in [0, 0.05) is 10.4 Å². The summed E-state index contributed by atoms with van der Waals surface area (Å²) < 4.78 is 0. The topological polar surface area (TPSA) is 33.1 Å². The van der Waals surface area contributed by atoms with Gasteiger partial charge in [0.15, 0.2) is 0 Å². The van der Waals surface area contributed by atoms with Gasteiger partial charge in [0.1, 0.15) is 11.1 Å². The highest BCUT2D eigenvalue weighted by molar-refractivity contribution is 7.12. The third-order valence-corrected chi connectivity index (χ3v) is 4.25. The van der Waals surface area contributed by atoms with Crippen molar-refractivity contribution in [1.29, 1.82) is 0 Å². The first-order valence-electron chi connectivity index (χ1n) is 5.51. The maximum atomic E-state index is 9.57. The van der Waals surface area contributed by atoms with Gasteiger partial charge in [0.2, 0.25) is 0 Å². The summed E-state index contributed by atoms with van der Waals surface area (Å²) in [5.74, 6) is 0. The molecule has 0 amide bonds. The molecule has 0 saturated heterocycles. The number of rotatable bonds is 1. The van der Waals surface area contributed by atoms with E-state index in [2.05, 4.69) is 29.2 Å². The van der Waals surface area contributed by atoms with Gasteiger partial charge in [-0.05, 0) is 25.3 Å². The van der Waals surface area contributed by atoms with Crippen LogP contribution in [-0.2, 0) is 12.8 Å². The number of hydrogen-bond donors (Lipinski definition) is 1. The van der Waals surface area contributed by atoms with Gasteiger partial charge < -0.3 is 5.11 Å². The molecule has 2 nitrogen and oxygen atoms in total. The average Bonchev–Trinajstić information content (AvgIpc) is 2.73. The fourth-order valence-corrected chi connectivity index (χ4v) is 3.16. The molecule has 2 aromatic rings. The Labute approximate surface area is 98.6 Å². The lowest BCUT2D eigenvalue weighted by Gasteiger charge is -2.13. The lowest BCUT2D eigenvalue weighted by molar-refractivity contribution is 0.199. The van der Waals surface area contributed by atoms with Gasteiger partial charge in [0.05, 0.1) is 5.69 Å². The third-order valence-electron chi connectivity index (χ3n) is 2.97. The highest BCUT2D eigenvalue weighted by Crippen LogP contribution is 2.37. The van der Waals surface area contributed by atoms with Gasteiger partial charge in [-0.2, -0.15) is 0 Å². The second kappa shape index (κ2) is 3.68. The second-order valence-corrected chi connectivity index (χ2v) is 5.27. The zero-order chi connectivity index (χ0) is 11.1. The van der Waals surface area contributed by atoms with E-state index in [0.29, 0.717) is 0 Å². The van der Waals surface area contributed by atoms with Crippen LogP contribution in [0, 0.1) is 0 Å². The van der Waals surface area contributed by atoms with Crippen LogP contribution in [0.25, 0.3) is 11.3 Å². The molecule has 1 heterocycles. The van der Waals surface area contributed by atoms with Gasteiger partial charge in [-0.15, -0.1) is 11.3 Å². The van der Waals surface area contributed by atoms with Crippen LogP contribution in [0.5, 0.6) is 0 Å². The van der Waals surface area contributed by atoms with E-state index in [0.717, 1.165) is 23.5 Å². The summed E-state index contributed by atoms with van der Waals surface area (Å²) >= 11 is 1.65. The fraction of sp³-hybridized carbons (Fsp3) is 0.308.